The fourth-order valence-electron chi connectivity index (χ4n) is 2.26. The summed E-state index contributed by atoms with van der Waals surface area (Å²) in [6, 6.07) is 4.04. The van der Waals surface area contributed by atoms with Crippen LogP contribution in [0.15, 0.2) is 12.1 Å². The van der Waals surface area contributed by atoms with E-state index in [9.17, 15) is 0 Å². The summed E-state index contributed by atoms with van der Waals surface area (Å²) in [4.78, 5) is 0. The minimum absolute atomic E-state index is 0.0864. The molecule has 0 amide bonds. The summed E-state index contributed by atoms with van der Waals surface area (Å²) in [6.45, 7) is 4.18. The lowest BCUT2D eigenvalue weighted by Gasteiger charge is -2.14. The maximum Gasteiger partial charge on any atom is 0.125 e. The van der Waals surface area contributed by atoms with Gasteiger partial charge in [-0.15, -0.1) is 0 Å². The van der Waals surface area contributed by atoms with E-state index in [1.807, 2.05) is 19.1 Å². The highest BCUT2D eigenvalue weighted by molar-refractivity contribution is 6.30. The highest BCUT2D eigenvalue weighted by Gasteiger charge is 2.18. The molecule has 0 bridgehead atoms. The Kier molecular flexibility index (Phi) is 4.87. The van der Waals surface area contributed by atoms with E-state index in [0.717, 1.165) is 48.8 Å². The number of nitrogens with two attached hydrogens (primary N) is 1. The maximum atomic E-state index is 6.12. The molecular formula is C14H20ClNO2. The van der Waals surface area contributed by atoms with Gasteiger partial charge >= 0.3 is 0 Å². The van der Waals surface area contributed by atoms with Crippen LogP contribution in [0.25, 0.3) is 0 Å². The second-order valence-electron chi connectivity index (χ2n) is 4.60. The lowest BCUT2D eigenvalue weighted by Crippen LogP contribution is -2.25. The fraction of sp³-hybridized carbons (Fsp3) is 0.571. The first kappa shape index (κ1) is 13.7. The van der Waals surface area contributed by atoms with Crippen LogP contribution in [0.3, 0.4) is 0 Å². The molecule has 0 radical (unpaired) electrons. The number of benzene rings is 1. The second kappa shape index (κ2) is 6.41. The SMILES string of the molecule is CCOCCC(N)Cc1cc(Cl)cc2c1OCC2. The fourth-order valence-corrected chi connectivity index (χ4v) is 2.52. The van der Waals surface area contributed by atoms with Gasteiger partial charge in [0.25, 0.3) is 0 Å². The highest BCUT2D eigenvalue weighted by Crippen LogP contribution is 2.33. The van der Waals surface area contributed by atoms with Crippen molar-refractivity contribution in [1.82, 2.24) is 0 Å². The third-order valence-electron chi connectivity index (χ3n) is 3.14. The van der Waals surface area contributed by atoms with Gasteiger partial charge in [0.2, 0.25) is 0 Å². The Morgan fingerprint density at radius 2 is 2.33 bits per heavy atom. The first-order chi connectivity index (χ1) is 8.70. The smallest absolute Gasteiger partial charge is 0.125 e. The van der Waals surface area contributed by atoms with E-state index >= 15 is 0 Å². The molecule has 0 aliphatic carbocycles. The Hall–Kier alpha value is -0.770. The van der Waals surface area contributed by atoms with Gasteiger partial charge in [0.1, 0.15) is 5.75 Å². The van der Waals surface area contributed by atoms with Gasteiger partial charge in [-0.1, -0.05) is 11.6 Å². The normalized spacial score (nSPS) is 15.3. The molecule has 3 nitrogen and oxygen atoms in total. The molecular weight excluding hydrogens is 250 g/mol. The lowest BCUT2D eigenvalue weighted by molar-refractivity contribution is 0.140. The molecule has 1 aliphatic heterocycles. The van der Waals surface area contributed by atoms with Gasteiger partial charge < -0.3 is 15.2 Å². The summed E-state index contributed by atoms with van der Waals surface area (Å²) in [7, 11) is 0. The van der Waals surface area contributed by atoms with Crippen LogP contribution < -0.4 is 10.5 Å². The molecule has 1 aliphatic rings. The molecule has 0 aromatic heterocycles. The van der Waals surface area contributed by atoms with Crippen LogP contribution in [-0.4, -0.2) is 25.9 Å². The van der Waals surface area contributed by atoms with Crippen molar-refractivity contribution in [1.29, 1.82) is 0 Å². The third kappa shape index (κ3) is 3.37. The Morgan fingerprint density at radius 3 is 3.11 bits per heavy atom. The second-order valence-corrected chi connectivity index (χ2v) is 5.04. The summed E-state index contributed by atoms with van der Waals surface area (Å²) in [6.07, 6.45) is 2.59. The van der Waals surface area contributed by atoms with E-state index in [4.69, 9.17) is 26.8 Å². The standard InChI is InChI=1S/C14H20ClNO2/c1-2-17-5-4-13(16)9-11-8-12(15)7-10-3-6-18-14(10)11/h7-8,13H,2-6,9,16H2,1H3. The molecule has 1 atom stereocenters. The first-order valence-electron chi connectivity index (χ1n) is 6.48. The topological polar surface area (TPSA) is 44.5 Å². The Labute approximate surface area is 113 Å². The van der Waals surface area contributed by atoms with Crippen LogP contribution in [0.1, 0.15) is 24.5 Å². The van der Waals surface area contributed by atoms with Crippen LogP contribution in [0.2, 0.25) is 5.02 Å². The van der Waals surface area contributed by atoms with Crippen molar-refractivity contribution in [3.63, 3.8) is 0 Å². The van der Waals surface area contributed by atoms with Crippen molar-refractivity contribution >= 4 is 11.6 Å². The predicted octanol–water partition coefficient (Wildman–Crippen LogP) is 2.57. The van der Waals surface area contributed by atoms with Gasteiger partial charge in [-0.2, -0.15) is 0 Å². The minimum Gasteiger partial charge on any atom is -0.493 e. The van der Waals surface area contributed by atoms with E-state index in [1.54, 1.807) is 0 Å². The van der Waals surface area contributed by atoms with Gasteiger partial charge in [-0.25, -0.2) is 0 Å². The van der Waals surface area contributed by atoms with Crippen molar-refractivity contribution in [3.8, 4) is 5.75 Å². The van der Waals surface area contributed by atoms with Gasteiger partial charge in [-0.3, -0.25) is 0 Å². The van der Waals surface area contributed by atoms with Crippen LogP contribution in [-0.2, 0) is 17.6 Å². The highest BCUT2D eigenvalue weighted by atomic mass is 35.5. The summed E-state index contributed by atoms with van der Waals surface area (Å²) in [5.74, 6) is 0.992. The van der Waals surface area contributed by atoms with E-state index in [-0.39, 0.29) is 6.04 Å². The van der Waals surface area contributed by atoms with Crippen molar-refractivity contribution in [3.05, 3.63) is 28.3 Å². The van der Waals surface area contributed by atoms with Crippen molar-refractivity contribution in [2.24, 2.45) is 5.73 Å². The molecule has 18 heavy (non-hydrogen) atoms. The van der Waals surface area contributed by atoms with E-state index in [0.29, 0.717) is 6.61 Å². The summed E-state index contributed by atoms with van der Waals surface area (Å²) in [5, 5.41) is 0.770. The van der Waals surface area contributed by atoms with Crippen molar-refractivity contribution in [2.45, 2.75) is 32.2 Å². The number of rotatable bonds is 6. The van der Waals surface area contributed by atoms with Gasteiger partial charge in [0.05, 0.1) is 6.61 Å². The molecule has 4 heteroatoms. The third-order valence-corrected chi connectivity index (χ3v) is 3.36. The number of ether oxygens (including phenoxy) is 2. The van der Waals surface area contributed by atoms with Crippen LogP contribution in [0, 0.1) is 0 Å². The number of halogens is 1. The number of hydrogen-bond donors (Lipinski definition) is 1. The predicted molar refractivity (Wildman–Crippen MR) is 73.4 cm³/mol. The monoisotopic (exact) mass is 269 g/mol. The Balaban J connectivity index is 2.00. The zero-order valence-electron chi connectivity index (χ0n) is 10.7. The largest absolute Gasteiger partial charge is 0.493 e. The lowest BCUT2D eigenvalue weighted by atomic mass is 10.0. The van der Waals surface area contributed by atoms with E-state index < -0.39 is 0 Å². The molecule has 1 aromatic carbocycles. The van der Waals surface area contributed by atoms with Gasteiger partial charge in [0, 0.05) is 30.7 Å². The summed E-state index contributed by atoms with van der Waals surface area (Å²) < 4.78 is 11.0. The Morgan fingerprint density at radius 1 is 1.50 bits per heavy atom. The molecule has 0 saturated heterocycles. The quantitative estimate of drug-likeness (QED) is 0.808. The molecule has 2 N–H and O–H groups in total. The Bertz CT molecular complexity index is 409. The molecule has 0 spiro atoms. The van der Waals surface area contributed by atoms with Gasteiger partial charge in [-0.05, 0) is 43.0 Å². The average molecular weight is 270 g/mol. The summed E-state index contributed by atoms with van der Waals surface area (Å²) in [5.41, 5.74) is 8.44. The summed E-state index contributed by atoms with van der Waals surface area (Å²) >= 11 is 6.12. The zero-order valence-corrected chi connectivity index (χ0v) is 11.5. The molecule has 0 saturated carbocycles. The van der Waals surface area contributed by atoms with Crippen LogP contribution in [0.4, 0.5) is 0 Å². The van der Waals surface area contributed by atoms with Crippen LogP contribution in [0.5, 0.6) is 5.75 Å². The van der Waals surface area contributed by atoms with Crippen molar-refractivity contribution in [2.75, 3.05) is 19.8 Å². The molecule has 0 fully saturated rings. The first-order valence-corrected chi connectivity index (χ1v) is 6.86. The van der Waals surface area contributed by atoms with Crippen molar-refractivity contribution < 1.29 is 9.47 Å². The molecule has 100 valence electrons. The number of hydrogen-bond acceptors (Lipinski definition) is 3. The minimum atomic E-state index is 0.0864. The molecule has 2 rings (SSSR count). The van der Waals surface area contributed by atoms with E-state index in [2.05, 4.69) is 0 Å². The molecule has 1 unspecified atom stereocenters. The molecule has 1 heterocycles. The van der Waals surface area contributed by atoms with E-state index in [1.165, 1.54) is 5.56 Å². The molecule has 1 aromatic rings. The average Bonchev–Trinajstić information content (AvgIpc) is 2.77. The van der Waals surface area contributed by atoms with Crippen LogP contribution >= 0.6 is 11.6 Å². The zero-order chi connectivity index (χ0) is 13.0. The van der Waals surface area contributed by atoms with Gasteiger partial charge in [0.15, 0.2) is 0 Å². The maximum absolute atomic E-state index is 6.12. The number of fused-ring (bicyclic) bond motifs is 1.